The Morgan fingerprint density at radius 2 is 1.74 bits per heavy atom. The highest BCUT2D eigenvalue weighted by molar-refractivity contribution is 5.51. The maximum absolute atomic E-state index is 5.32. The van der Waals surface area contributed by atoms with Crippen molar-refractivity contribution in [3.63, 3.8) is 0 Å². The average Bonchev–Trinajstić information content (AvgIpc) is 2.63. The van der Waals surface area contributed by atoms with Crippen LogP contribution in [0.3, 0.4) is 0 Å². The second-order valence-electron chi connectivity index (χ2n) is 5.90. The van der Waals surface area contributed by atoms with Crippen molar-refractivity contribution in [1.29, 1.82) is 0 Å². The minimum Gasteiger partial charge on any atom is -0.497 e. The van der Waals surface area contributed by atoms with Crippen molar-refractivity contribution in [3.8, 4) is 5.75 Å². The second-order valence-corrected chi connectivity index (χ2v) is 5.90. The lowest BCUT2D eigenvalue weighted by molar-refractivity contribution is 0.316. The van der Waals surface area contributed by atoms with E-state index in [9.17, 15) is 0 Å². The summed E-state index contributed by atoms with van der Waals surface area (Å²) in [5, 5.41) is 0. The molecule has 120 valence electrons. The van der Waals surface area contributed by atoms with E-state index in [0.717, 1.165) is 38.3 Å². The number of allylic oxidation sites excluding steroid dienone is 1. The number of methoxy groups -OCH3 is 1. The van der Waals surface area contributed by atoms with Gasteiger partial charge in [-0.05, 0) is 17.7 Å². The van der Waals surface area contributed by atoms with Gasteiger partial charge in [0.2, 0.25) is 0 Å². The van der Waals surface area contributed by atoms with Crippen LogP contribution in [0.15, 0.2) is 66.9 Å². The molecule has 3 nitrogen and oxygen atoms in total. The number of hydrogen-bond acceptors (Lipinski definition) is 3. The Labute approximate surface area is 138 Å². The summed E-state index contributed by atoms with van der Waals surface area (Å²) in [4.78, 5) is 4.82. The third-order valence-corrected chi connectivity index (χ3v) is 4.40. The van der Waals surface area contributed by atoms with Crippen molar-refractivity contribution >= 4 is 5.69 Å². The largest absolute Gasteiger partial charge is 0.497 e. The molecule has 1 fully saturated rings. The molecule has 0 radical (unpaired) electrons. The van der Waals surface area contributed by atoms with E-state index < -0.39 is 0 Å². The predicted molar refractivity (Wildman–Crippen MR) is 96.1 cm³/mol. The Morgan fingerprint density at radius 3 is 2.43 bits per heavy atom. The molecule has 0 unspecified atom stereocenters. The van der Waals surface area contributed by atoms with Gasteiger partial charge in [-0.3, -0.25) is 0 Å². The number of anilines is 1. The summed E-state index contributed by atoms with van der Waals surface area (Å²) in [7, 11) is 1.71. The third kappa shape index (κ3) is 3.86. The highest BCUT2D eigenvalue weighted by atomic mass is 16.5. The summed E-state index contributed by atoms with van der Waals surface area (Å²) in [5.74, 6) is 0.915. The lowest BCUT2D eigenvalue weighted by Gasteiger charge is -2.38. The zero-order valence-electron chi connectivity index (χ0n) is 13.7. The third-order valence-electron chi connectivity index (χ3n) is 4.40. The van der Waals surface area contributed by atoms with E-state index in [0.29, 0.717) is 0 Å². The van der Waals surface area contributed by atoms with Crippen LogP contribution in [-0.4, -0.2) is 38.2 Å². The molecule has 0 N–H and O–H groups in total. The fourth-order valence-corrected chi connectivity index (χ4v) is 3.03. The van der Waals surface area contributed by atoms with Gasteiger partial charge in [-0.2, -0.15) is 0 Å². The summed E-state index contributed by atoms with van der Waals surface area (Å²) in [6, 6.07) is 18.9. The topological polar surface area (TPSA) is 15.7 Å². The Kier molecular flexibility index (Phi) is 4.86. The van der Waals surface area contributed by atoms with Gasteiger partial charge in [0, 0.05) is 50.1 Å². The first kappa shape index (κ1) is 15.5. The minimum atomic E-state index is 0.915. The van der Waals surface area contributed by atoms with E-state index in [4.69, 9.17) is 4.74 Å². The van der Waals surface area contributed by atoms with E-state index in [2.05, 4.69) is 64.9 Å². The molecule has 0 spiro atoms. The number of piperazine rings is 1. The molecular formula is C20H24N2O. The van der Waals surface area contributed by atoms with Crippen LogP contribution in [0.1, 0.15) is 5.56 Å². The molecule has 0 aromatic heterocycles. The van der Waals surface area contributed by atoms with Gasteiger partial charge in [-0.15, -0.1) is 0 Å². The molecule has 1 saturated heterocycles. The van der Waals surface area contributed by atoms with Crippen LogP contribution in [0.2, 0.25) is 0 Å². The fraction of sp³-hybridized carbons (Fsp3) is 0.300. The van der Waals surface area contributed by atoms with E-state index >= 15 is 0 Å². The number of nitrogens with zero attached hydrogens (tertiary/aromatic N) is 2. The highest BCUT2D eigenvalue weighted by Gasteiger charge is 2.18. The summed E-state index contributed by atoms with van der Waals surface area (Å²) >= 11 is 0. The summed E-state index contributed by atoms with van der Waals surface area (Å²) in [5.41, 5.74) is 3.77. The maximum Gasteiger partial charge on any atom is 0.120 e. The Bertz CT molecular complexity index is 646. The number of benzene rings is 2. The van der Waals surface area contributed by atoms with E-state index in [-0.39, 0.29) is 0 Å². The predicted octanol–water partition coefficient (Wildman–Crippen LogP) is 3.57. The molecule has 0 aliphatic carbocycles. The molecule has 0 atom stereocenters. The van der Waals surface area contributed by atoms with E-state index in [1.807, 2.05) is 6.07 Å². The molecule has 0 amide bonds. The molecular weight excluding hydrogens is 284 g/mol. The lowest BCUT2D eigenvalue weighted by Crippen LogP contribution is -2.46. The quantitative estimate of drug-likeness (QED) is 0.840. The molecule has 1 heterocycles. The highest BCUT2D eigenvalue weighted by Crippen LogP contribution is 2.23. The van der Waals surface area contributed by atoms with Gasteiger partial charge in [0.05, 0.1) is 7.11 Å². The van der Waals surface area contributed by atoms with E-state index in [1.165, 1.54) is 16.9 Å². The molecule has 0 saturated carbocycles. The van der Waals surface area contributed by atoms with Gasteiger partial charge in [-0.1, -0.05) is 43.0 Å². The van der Waals surface area contributed by atoms with Crippen LogP contribution < -0.4 is 9.64 Å². The van der Waals surface area contributed by atoms with Crippen LogP contribution in [0.25, 0.3) is 0 Å². The molecule has 1 aliphatic heterocycles. The van der Waals surface area contributed by atoms with Crippen LogP contribution in [0.4, 0.5) is 5.69 Å². The molecule has 0 bridgehead atoms. The van der Waals surface area contributed by atoms with Gasteiger partial charge >= 0.3 is 0 Å². The Balaban J connectivity index is 1.56. The van der Waals surface area contributed by atoms with Crippen molar-refractivity contribution in [3.05, 3.63) is 72.4 Å². The van der Waals surface area contributed by atoms with Crippen molar-refractivity contribution in [2.45, 2.75) is 6.42 Å². The van der Waals surface area contributed by atoms with Gasteiger partial charge < -0.3 is 14.5 Å². The fourth-order valence-electron chi connectivity index (χ4n) is 3.03. The first-order valence-electron chi connectivity index (χ1n) is 8.12. The molecule has 1 aliphatic rings. The second kappa shape index (κ2) is 7.23. The standard InChI is InChI=1S/C20H24N2O/c1-17(15-18-7-4-3-5-8-18)21-11-13-22(14-12-21)19-9-6-10-20(16-19)23-2/h3-10,16H,1,11-15H2,2H3. The molecule has 3 heteroatoms. The summed E-state index contributed by atoms with van der Waals surface area (Å²) in [6.07, 6.45) is 0.931. The van der Waals surface area contributed by atoms with Crippen molar-refractivity contribution in [1.82, 2.24) is 4.90 Å². The zero-order valence-corrected chi connectivity index (χ0v) is 13.7. The smallest absolute Gasteiger partial charge is 0.120 e. The molecule has 2 aromatic rings. The Hall–Kier alpha value is -2.42. The van der Waals surface area contributed by atoms with Gasteiger partial charge in [-0.25, -0.2) is 0 Å². The minimum absolute atomic E-state index is 0.915. The van der Waals surface area contributed by atoms with Gasteiger partial charge in [0.25, 0.3) is 0 Å². The van der Waals surface area contributed by atoms with Crippen molar-refractivity contribution in [2.24, 2.45) is 0 Å². The van der Waals surface area contributed by atoms with Crippen molar-refractivity contribution < 1.29 is 4.74 Å². The van der Waals surface area contributed by atoms with Crippen molar-refractivity contribution in [2.75, 3.05) is 38.2 Å². The number of hydrogen-bond donors (Lipinski definition) is 0. The van der Waals surface area contributed by atoms with Gasteiger partial charge in [0.1, 0.15) is 5.75 Å². The molecule has 3 rings (SSSR count). The zero-order chi connectivity index (χ0) is 16.1. The Morgan fingerprint density at radius 1 is 1.00 bits per heavy atom. The van der Waals surface area contributed by atoms with Gasteiger partial charge in [0.15, 0.2) is 0 Å². The summed E-state index contributed by atoms with van der Waals surface area (Å²) in [6.45, 7) is 8.35. The van der Waals surface area contributed by atoms with Crippen LogP contribution in [-0.2, 0) is 6.42 Å². The summed E-state index contributed by atoms with van der Waals surface area (Å²) < 4.78 is 5.32. The number of ether oxygens (including phenoxy) is 1. The normalized spacial score (nSPS) is 14.7. The first-order chi connectivity index (χ1) is 11.3. The molecule has 23 heavy (non-hydrogen) atoms. The van der Waals surface area contributed by atoms with Crippen LogP contribution >= 0.6 is 0 Å². The monoisotopic (exact) mass is 308 g/mol. The SMILES string of the molecule is C=C(Cc1ccccc1)N1CCN(c2cccc(OC)c2)CC1. The first-order valence-corrected chi connectivity index (χ1v) is 8.12. The van der Waals surface area contributed by atoms with Crippen LogP contribution in [0.5, 0.6) is 5.75 Å². The number of rotatable bonds is 5. The maximum atomic E-state index is 5.32. The average molecular weight is 308 g/mol. The van der Waals surface area contributed by atoms with Crippen LogP contribution in [0, 0.1) is 0 Å². The van der Waals surface area contributed by atoms with E-state index in [1.54, 1.807) is 7.11 Å². The molecule has 2 aromatic carbocycles. The lowest BCUT2D eigenvalue weighted by atomic mass is 10.1.